The number of carboxylic acids is 1. The fourth-order valence-electron chi connectivity index (χ4n) is 2.88. The van der Waals surface area contributed by atoms with Crippen molar-refractivity contribution in [2.24, 2.45) is 0 Å². The van der Waals surface area contributed by atoms with Gasteiger partial charge in [0.25, 0.3) is 0 Å². The Morgan fingerprint density at radius 3 is 2.46 bits per heavy atom. The molecule has 0 amide bonds. The number of benzene rings is 1. The highest BCUT2D eigenvalue weighted by atomic mass is 32.2. The fourth-order valence-corrected chi connectivity index (χ4v) is 4.00. The maximum atomic E-state index is 12.5. The minimum Gasteiger partial charge on any atom is -0.478 e. The summed E-state index contributed by atoms with van der Waals surface area (Å²) < 4.78 is 41.6. The molecule has 0 fully saturated rings. The van der Waals surface area contributed by atoms with Crippen LogP contribution in [-0.4, -0.2) is 22.7 Å². The van der Waals surface area contributed by atoms with Gasteiger partial charge in [-0.1, -0.05) is 26.0 Å². The van der Waals surface area contributed by atoms with Gasteiger partial charge in [-0.2, -0.15) is 0 Å². The highest BCUT2D eigenvalue weighted by Crippen LogP contribution is 2.45. The van der Waals surface area contributed by atoms with Crippen molar-refractivity contribution >= 4 is 17.7 Å². The number of alkyl halides is 3. The fraction of sp³-hybridized carbons (Fsp3) is 0.389. The molecule has 0 spiro atoms. The Morgan fingerprint density at radius 2 is 1.92 bits per heavy atom. The van der Waals surface area contributed by atoms with Crippen molar-refractivity contribution in [3.63, 3.8) is 0 Å². The minimum absolute atomic E-state index is 0.114. The minimum atomic E-state index is -4.81. The lowest BCUT2D eigenvalue weighted by Crippen LogP contribution is -2.27. The summed E-state index contributed by atoms with van der Waals surface area (Å²) in [5.74, 6) is -2.16. The van der Waals surface area contributed by atoms with Gasteiger partial charge in [-0.3, -0.25) is 0 Å². The van der Waals surface area contributed by atoms with Crippen LogP contribution in [0.4, 0.5) is 13.2 Å². The van der Waals surface area contributed by atoms with Gasteiger partial charge in [-0.25, -0.2) is 4.79 Å². The van der Waals surface area contributed by atoms with Crippen molar-refractivity contribution in [3.05, 3.63) is 51.7 Å². The zero-order valence-electron chi connectivity index (χ0n) is 14.8. The predicted molar refractivity (Wildman–Crippen MR) is 94.8 cm³/mol. The second-order valence-electron chi connectivity index (χ2n) is 6.18. The zero-order valence-corrected chi connectivity index (χ0v) is 15.6. The van der Waals surface area contributed by atoms with E-state index in [0.717, 1.165) is 10.6 Å². The van der Waals surface area contributed by atoms with Crippen molar-refractivity contribution in [3.8, 4) is 5.75 Å². The molecule has 0 saturated carbocycles. The van der Waals surface area contributed by atoms with Crippen LogP contribution in [-0.2, 0) is 4.79 Å². The number of hydrogen-bond donors (Lipinski definition) is 2. The molecule has 2 N–H and O–H groups in total. The summed E-state index contributed by atoms with van der Waals surface area (Å²) in [5.41, 5.74) is 1.81. The summed E-state index contributed by atoms with van der Waals surface area (Å²) in [6.07, 6.45) is -4.81. The van der Waals surface area contributed by atoms with Crippen molar-refractivity contribution in [1.82, 2.24) is 5.32 Å². The first-order chi connectivity index (χ1) is 12.0. The van der Waals surface area contributed by atoms with Crippen LogP contribution in [0.15, 0.2) is 46.1 Å². The summed E-state index contributed by atoms with van der Waals surface area (Å²) in [4.78, 5) is 12.6. The maximum absolute atomic E-state index is 12.5. The Hall–Kier alpha value is -2.09. The molecular formula is C18H20F3NO3S. The van der Waals surface area contributed by atoms with Gasteiger partial charge in [0.2, 0.25) is 0 Å². The average Bonchev–Trinajstić information content (AvgIpc) is 2.47. The SMILES string of the molecule is CC1=C(SC(C)C)C(c2cccc(OC(F)(F)F)c2)C(C(=O)O)=C(C)N1. The molecule has 1 aromatic carbocycles. The zero-order chi connectivity index (χ0) is 19.6. The third-order valence-electron chi connectivity index (χ3n) is 3.72. The summed E-state index contributed by atoms with van der Waals surface area (Å²) in [7, 11) is 0. The van der Waals surface area contributed by atoms with Gasteiger partial charge in [0.05, 0.1) is 11.5 Å². The smallest absolute Gasteiger partial charge is 0.478 e. The number of thioether (sulfide) groups is 1. The number of hydrogen-bond acceptors (Lipinski definition) is 4. The number of halogens is 3. The molecule has 1 aliphatic rings. The normalized spacial score (nSPS) is 18.2. The largest absolute Gasteiger partial charge is 0.573 e. The van der Waals surface area contributed by atoms with Gasteiger partial charge in [-0.05, 0) is 31.5 Å². The number of allylic oxidation sites excluding steroid dienone is 3. The maximum Gasteiger partial charge on any atom is 0.573 e. The van der Waals surface area contributed by atoms with Crippen LogP contribution in [0.1, 0.15) is 39.2 Å². The number of carbonyl (C=O) groups is 1. The van der Waals surface area contributed by atoms with Crippen LogP contribution in [0.5, 0.6) is 5.75 Å². The van der Waals surface area contributed by atoms with Crippen LogP contribution >= 0.6 is 11.8 Å². The second kappa shape index (κ2) is 7.65. The van der Waals surface area contributed by atoms with E-state index in [1.165, 1.54) is 30.0 Å². The van der Waals surface area contributed by atoms with E-state index < -0.39 is 18.2 Å². The molecule has 1 heterocycles. The summed E-state index contributed by atoms with van der Waals surface area (Å²) in [6.45, 7) is 7.41. The van der Waals surface area contributed by atoms with E-state index in [1.807, 2.05) is 20.8 Å². The Balaban J connectivity index is 2.57. The molecular weight excluding hydrogens is 367 g/mol. The average molecular weight is 387 g/mol. The molecule has 1 aromatic rings. The van der Waals surface area contributed by atoms with Crippen molar-refractivity contribution in [2.45, 2.75) is 45.2 Å². The molecule has 0 saturated heterocycles. The molecule has 26 heavy (non-hydrogen) atoms. The number of rotatable bonds is 5. The Bertz CT molecular complexity index is 769. The van der Waals surface area contributed by atoms with Crippen molar-refractivity contribution in [2.75, 3.05) is 0 Å². The number of nitrogens with one attached hydrogen (secondary N) is 1. The Kier molecular flexibility index (Phi) is 5.95. The van der Waals surface area contributed by atoms with Gasteiger partial charge in [0, 0.05) is 21.5 Å². The van der Waals surface area contributed by atoms with Crippen molar-refractivity contribution < 1.29 is 27.8 Å². The van der Waals surface area contributed by atoms with Gasteiger partial charge in [-0.15, -0.1) is 24.9 Å². The summed E-state index contributed by atoms with van der Waals surface area (Å²) in [6, 6.07) is 5.48. The van der Waals surface area contributed by atoms with Crippen LogP contribution < -0.4 is 10.1 Å². The Morgan fingerprint density at radius 1 is 1.27 bits per heavy atom. The van der Waals surface area contributed by atoms with E-state index in [-0.39, 0.29) is 16.6 Å². The van der Waals surface area contributed by atoms with E-state index in [2.05, 4.69) is 10.1 Å². The monoisotopic (exact) mass is 387 g/mol. The van der Waals surface area contributed by atoms with E-state index in [0.29, 0.717) is 11.3 Å². The number of ether oxygens (including phenoxy) is 1. The lowest BCUT2D eigenvalue weighted by atomic mass is 9.86. The molecule has 0 radical (unpaired) electrons. The van der Waals surface area contributed by atoms with Crippen LogP contribution in [0.2, 0.25) is 0 Å². The molecule has 0 aromatic heterocycles. The summed E-state index contributed by atoms with van der Waals surface area (Å²) >= 11 is 1.49. The third-order valence-corrected chi connectivity index (χ3v) is 4.98. The van der Waals surface area contributed by atoms with Gasteiger partial charge < -0.3 is 15.2 Å². The first-order valence-electron chi connectivity index (χ1n) is 7.93. The van der Waals surface area contributed by atoms with Crippen molar-refractivity contribution in [1.29, 1.82) is 0 Å². The molecule has 1 aliphatic heterocycles. The first-order valence-corrected chi connectivity index (χ1v) is 8.81. The van der Waals surface area contributed by atoms with Gasteiger partial charge in [0.15, 0.2) is 0 Å². The van der Waals surface area contributed by atoms with Crippen LogP contribution in [0.3, 0.4) is 0 Å². The van der Waals surface area contributed by atoms with E-state index in [4.69, 9.17) is 0 Å². The van der Waals surface area contributed by atoms with Crippen LogP contribution in [0, 0.1) is 0 Å². The quantitative estimate of drug-likeness (QED) is 0.744. The first kappa shape index (κ1) is 20.2. The topological polar surface area (TPSA) is 58.6 Å². The second-order valence-corrected chi connectivity index (χ2v) is 7.80. The highest BCUT2D eigenvalue weighted by molar-refractivity contribution is 8.03. The molecule has 8 heteroatoms. The lowest BCUT2D eigenvalue weighted by Gasteiger charge is -2.31. The lowest BCUT2D eigenvalue weighted by molar-refractivity contribution is -0.274. The predicted octanol–water partition coefficient (Wildman–Crippen LogP) is 5.00. The number of carboxylic acid groups (broad SMARTS) is 1. The molecule has 0 aliphatic carbocycles. The highest BCUT2D eigenvalue weighted by Gasteiger charge is 2.35. The molecule has 1 atom stereocenters. The molecule has 1 unspecified atom stereocenters. The number of aliphatic carboxylic acids is 1. The van der Waals surface area contributed by atoms with E-state index in [9.17, 15) is 23.1 Å². The third kappa shape index (κ3) is 4.75. The van der Waals surface area contributed by atoms with E-state index in [1.54, 1.807) is 13.0 Å². The molecule has 142 valence electrons. The van der Waals surface area contributed by atoms with Crippen LogP contribution in [0.25, 0.3) is 0 Å². The summed E-state index contributed by atoms with van der Waals surface area (Å²) in [5, 5.41) is 12.9. The van der Waals surface area contributed by atoms with E-state index >= 15 is 0 Å². The molecule has 4 nitrogen and oxygen atoms in total. The number of dihydropyridines is 1. The van der Waals surface area contributed by atoms with Gasteiger partial charge in [0.1, 0.15) is 5.75 Å². The molecule has 0 bridgehead atoms. The van der Waals surface area contributed by atoms with Gasteiger partial charge >= 0.3 is 12.3 Å². The Labute approximate surface area is 154 Å². The molecule has 2 rings (SSSR count). The standard InChI is InChI=1S/C18H20F3NO3S/c1-9(2)26-16-11(4)22-10(3)14(17(23)24)15(16)12-6-5-7-13(8-12)25-18(19,20)21/h5-9,15,22H,1-4H3,(H,23,24).